The number of pyridine rings is 1. The number of rotatable bonds is 3. The predicted molar refractivity (Wildman–Crippen MR) is 69.3 cm³/mol. The van der Waals surface area contributed by atoms with Gasteiger partial charge in [-0.25, -0.2) is 4.98 Å². The van der Waals surface area contributed by atoms with E-state index < -0.39 is 6.10 Å². The monoisotopic (exact) mass is 249 g/mol. The molecule has 98 valence electrons. The number of aromatic nitrogens is 1. The average molecular weight is 249 g/mol. The Bertz CT molecular complexity index is 434. The quantitative estimate of drug-likeness (QED) is 0.833. The molecule has 0 aliphatic carbocycles. The van der Waals surface area contributed by atoms with E-state index in [-0.39, 0.29) is 11.9 Å². The van der Waals surface area contributed by atoms with Gasteiger partial charge in [-0.1, -0.05) is 6.07 Å². The zero-order chi connectivity index (χ0) is 13.1. The van der Waals surface area contributed by atoms with Gasteiger partial charge in [-0.3, -0.25) is 4.79 Å². The van der Waals surface area contributed by atoms with Crippen molar-refractivity contribution in [2.24, 2.45) is 0 Å². The Balaban J connectivity index is 2.12. The van der Waals surface area contributed by atoms with Crippen LogP contribution in [0.4, 0.5) is 5.82 Å². The lowest BCUT2D eigenvalue weighted by Gasteiger charge is -2.21. The first-order chi connectivity index (χ1) is 8.58. The molecule has 1 saturated heterocycles. The molecule has 2 atom stereocenters. The van der Waals surface area contributed by atoms with Crippen molar-refractivity contribution in [3.63, 3.8) is 0 Å². The van der Waals surface area contributed by atoms with E-state index in [1.54, 1.807) is 13.1 Å². The number of aliphatic hydroxyl groups excluding tert-OH is 1. The van der Waals surface area contributed by atoms with Crippen LogP contribution in [0.3, 0.4) is 0 Å². The van der Waals surface area contributed by atoms with Crippen LogP contribution in [0.5, 0.6) is 0 Å². The molecule has 0 radical (unpaired) electrons. The molecule has 2 rings (SSSR count). The van der Waals surface area contributed by atoms with Crippen molar-refractivity contribution in [1.82, 2.24) is 10.3 Å². The fourth-order valence-corrected chi connectivity index (χ4v) is 2.36. The van der Waals surface area contributed by atoms with Crippen LogP contribution in [0.25, 0.3) is 0 Å². The van der Waals surface area contributed by atoms with E-state index >= 15 is 0 Å². The number of aliphatic hydroxyl groups is 1. The van der Waals surface area contributed by atoms with Gasteiger partial charge in [0, 0.05) is 37.8 Å². The lowest BCUT2D eigenvalue weighted by atomic mass is 10.1. The van der Waals surface area contributed by atoms with Crippen molar-refractivity contribution in [2.75, 3.05) is 18.0 Å². The van der Waals surface area contributed by atoms with Crippen molar-refractivity contribution >= 4 is 11.7 Å². The summed E-state index contributed by atoms with van der Waals surface area (Å²) >= 11 is 0. The minimum absolute atomic E-state index is 0.00128. The van der Waals surface area contributed by atoms with Gasteiger partial charge in [-0.05, 0) is 19.4 Å². The molecule has 1 aromatic heterocycles. The Kier molecular flexibility index (Phi) is 3.81. The first-order valence-corrected chi connectivity index (χ1v) is 6.23. The maximum atomic E-state index is 11.0. The van der Waals surface area contributed by atoms with Crippen LogP contribution in [0.2, 0.25) is 0 Å². The molecular weight excluding hydrogens is 230 g/mol. The highest BCUT2D eigenvalue weighted by Gasteiger charge is 2.26. The minimum atomic E-state index is -0.534. The van der Waals surface area contributed by atoms with Gasteiger partial charge in [0.05, 0.1) is 6.10 Å². The Morgan fingerprint density at radius 2 is 2.44 bits per heavy atom. The van der Waals surface area contributed by atoms with Crippen molar-refractivity contribution in [1.29, 1.82) is 0 Å². The molecule has 0 bridgehead atoms. The highest BCUT2D eigenvalue weighted by atomic mass is 16.3. The molecule has 1 fully saturated rings. The van der Waals surface area contributed by atoms with E-state index in [1.165, 1.54) is 6.92 Å². The number of carbonyl (C=O) groups is 1. The standard InChI is InChI=1S/C13H19N3O2/c1-9(17)12-4-3-6-14-13(12)16-7-5-11(8-16)15-10(2)18/h3-4,6,9,11,17H,5,7-8H2,1-2H3,(H,15,18)/t9-,11?/m0/s1. The van der Waals surface area contributed by atoms with Gasteiger partial charge in [0.2, 0.25) is 5.91 Å². The van der Waals surface area contributed by atoms with Crippen LogP contribution in [-0.4, -0.2) is 35.1 Å². The smallest absolute Gasteiger partial charge is 0.217 e. The number of hydrogen-bond acceptors (Lipinski definition) is 4. The first-order valence-electron chi connectivity index (χ1n) is 6.23. The highest BCUT2D eigenvalue weighted by molar-refractivity contribution is 5.73. The van der Waals surface area contributed by atoms with Crippen LogP contribution in [0.15, 0.2) is 18.3 Å². The molecule has 2 heterocycles. The van der Waals surface area contributed by atoms with Crippen molar-refractivity contribution in [2.45, 2.75) is 32.4 Å². The molecule has 1 aromatic rings. The number of nitrogens with zero attached hydrogens (tertiary/aromatic N) is 2. The van der Waals surface area contributed by atoms with Crippen molar-refractivity contribution in [3.8, 4) is 0 Å². The molecule has 5 nitrogen and oxygen atoms in total. The van der Waals surface area contributed by atoms with Crippen LogP contribution in [-0.2, 0) is 4.79 Å². The zero-order valence-corrected chi connectivity index (χ0v) is 10.8. The molecule has 0 spiro atoms. The fourth-order valence-electron chi connectivity index (χ4n) is 2.36. The van der Waals surface area contributed by atoms with E-state index in [2.05, 4.69) is 15.2 Å². The zero-order valence-electron chi connectivity index (χ0n) is 10.8. The largest absolute Gasteiger partial charge is 0.389 e. The Morgan fingerprint density at radius 3 is 3.11 bits per heavy atom. The number of anilines is 1. The van der Waals surface area contributed by atoms with Gasteiger partial charge >= 0.3 is 0 Å². The third-order valence-corrected chi connectivity index (χ3v) is 3.16. The number of nitrogens with one attached hydrogen (secondary N) is 1. The number of amides is 1. The van der Waals surface area contributed by atoms with Crippen LogP contribution in [0.1, 0.15) is 31.9 Å². The predicted octanol–water partition coefficient (Wildman–Crippen LogP) is 0.850. The SMILES string of the molecule is CC(=O)NC1CCN(c2ncccc2[C@H](C)O)C1. The van der Waals surface area contributed by atoms with Crippen LogP contribution >= 0.6 is 0 Å². The molecule has 1 unspecified atom stereocenters. The van der Waals surface area contributed by atoms with Gasteiger partial charge in [0.25, 0.3) is 0 Å². The molecule has 0 aromatic carbocycles. The maximum Gasteiger partial charge on any atom is 0.217 e. The molecular formula is C13H19N3O2. The van der Waals surface area contributed by atoms with Crippen molar-refractivity contribution < 1.29 is 9.90 Å². The second kappa shape index (κ2) is 5.35. The van der Waals surface area contributed by atoms with E-state index in [1.807, 2.05) is 12.1 Å². The lowest BCUT2D eigenvalue weighted by molar-refractivity contribution is -0.119. The summed E-state index contributed by atoms with van der Waals surface area (Å²) in [5, 5.41) is 12.7. The summed E-state index contributed by atoms with van der Waals surface area (Å²) in [4.78, 5) is 17.5. The highest BCUT2D eigenvalue weighted by Crippen LogP contribution is 2.26. The van der Waals surface area contributed by atoms with Gasteiger partial charge < -0.3 is 15.3 Å². The van der Waals surface area contributed by atoms with Crippen LogP contribution in [0, 0.1) is 0 Å². The average Bonchev–Trinajstić information content (AvgIpc) is 2.76. The summed E-state index contributed by atoms with van der Waals surface area (Å²) in [6, 6.07) is 3.89. The van der Waals surface area contributed by atoms with Gasteiger partial charge in [-0.2, -0.15) is 0 Å². The van der Waals surface area contributed by atoms with E-state index in [0.29, 0.717) is 0 Å². The number of carbonyl (C=O) groups excluding carboxylic acids is 1. The summed E-state index contributed by atoms with van der Waals surface area (Å²) in [5.41, 5.74) is 0.834. The molecule has 1 aliphatic rings. The lowest BCUT2D eigenvalue weighted by Crippen LogP contribution is -2.35. The van der Waals surface area contributed by atoms with E-state index in [4.69, 9.17) is 0 Å². The van der Waals surface area contributed by atoms with E-state index in [0.717, 1.165) is 30.9 Å². The second-order valence-electron chi connectivity index (χ2n) is 4.72. The molecule has 5 heteroatoms. The molecule has 1 amide bonds. The maximum absolute atomic E-state index is 11.0. The van der Waals surface area contributed by atoms with Crippen molar-refractivity contribution in [3.05, 3.63) is 23.9 Å². The van der Waals surface area contributed by atoms with Gasteiger partial charge in [-0.15, -0.1) is 0 Å². The second-order valence-corrected chi connectivity index (χ2v) is 4.72. The first kappa shape index (κ1) is 12.8. The molecule has 2 N–H and O–H groups in total. The summed E-state index contributed by atoms with van der Waals surface area (Å²) in [5.74, 6) is 0.818. The Labute approximate surface area is 107 Å². The third kappa shape index (κ3) is 2.79. The van der Waals surface area contributed by atoms with E-state index in [9.17, 15) is 9.90 Å². The summed E-state index contributed by atoms with van der Waals surface area (Å²) in [6.07, 6.45) is 2.11. The summed E-state index contributed by atoms with van der Waals surface area (Å²) in [7, 11) is 0. The summed E-state index contributed by atoms with van der Waals surface area (Å²) < 4.78 is 0. The summed E-state index contributed by atoms with van der Waals surface area (Å²) in [6.45, 7) is 4.87. The normalized spacial score (nSPS) is 20.8. The third-order valence-electron chi connectivity index (χ3n) is 3.16. The van der Waals surface area contributed by atoms with Crippen LogP contribution < -0.4 is 10.2 Å². The Hall–Kier alpha value is -1.62. The fraction of sp³-hybridized carbons (Fsp3) is 0.538. The molecule has 18 heavy (non-hydrogen) atoms. The molecule has 0 saturated carbocycles. The molecule has 1 aliphatic heterocycles. The van der Waals surface area contributed by atoms with Gasteiger partial charge in [0.15, 0.2) is 0 Å². The minimum Gasteiger partial charge on any atom is -0.389 e. The van der Waals surface area contributed by atoms with Gasteiger partial charge in [0.1, 0.15) is 5.82 Å². The topological polar surface area (TPSA) is 65.5 Å². The number of hydrogen-bond donors (Lipinski definition) is 2. The Morgan fingerprint density at radius 1 is 1.67 bits per heavy atom.